The van der Waals surface area contributed by atoms with Crippen molar-refractivity contribution < 1.29 is 24.2 Å². The van der Waals surface area contributed by atoms with Crippen LogP contribution in [0.2, 0.25) is 0 Å². The van der Waals surface area contributed by atoms with E-state index in [0.29, 0.717) is 0 Å². The molecule has 1 aromatic carbocycles. The van der Waals surface area contributed by atoms with E-state index in [1.165, 1.54) is 0 Å². The third-order valence-electron chi connectivity index (χ3n) is 3.40. The van der Waals surface area contributed by atoms with Gasteiger partial charge in [0.2, 0.25) is 0 Å². The molecule has 0 aromatic heterocycles. The Labute approximate surface area is 123 Å². The summed E-state index contributed by atoms with van der Waals surface area (Å²) in [6.45, 7) is 3.59. The molecule has 0 aliphatic carbocycles. The van der Waals surface area contributed by atoms with Gasteiger partial charge in [0.25, 0.3) is 0 Å². The molecule has 21 heavy (non-hydrogen) atoms. The second kappa shape index (κ2) is 5.73. The molecule has 1 aliphatic heterocycles. The van der Waals surface area contributed by atoms with Gasteiger partial charge < -0.3 is 19.9 Å². The number of carboxylic acid groups (broad SMARTS) is 1. The molecule has 1 aromatic rings. The van der Waals surface area contributed by atoms with Crippen molar-refractivity contribution in [2.24, 2.45) is 0 Å². The lowest BCUT2D eigenvalue weighted by Gasteiger charge is -2.24. The molecule has 0 spiro atoms. The quantitative estimate of drug-likeness (QED) is 0.886. The van der Waals surface area contributed by atoms with Crippen LogP contribution in [0.3, 0.4) is 0 Å². The normalized spacial score (nSPS) is 23.5. The third kappa shape index (κ3) is 3.72. The molecule has 2 rings (SSSR count). The summed E-state index contributed by atoms with van der Waals surface area (Å²) in [7, 11) is 0. The van der Waals surface area contributed by atoms with E-state index in [4.69, 9.17) is 9.47 Å². The van der Waals surface area contributed by atoms with Gasteiger partial charge in [0, 0.05) is 6.42 Å². The van der Waals surface area contributed by atoms with Crippen LogP contribution in [0.25, 0.3) is 0 Å². The van der Waals surface area contributed by atoms with Gasteiger partial charge in [-0.25, -0.2) is 9.59 Å². The van der Waals surface area contributed by atoms with Crippen LogP contribution in [0.1, 0.15) is 25.8 Å². The zero-order valence-electron chi connectivity index (χ0n) is 12.1. The average molecular weight is 293 g/mol. The summed E-state index contributed by atoms with van der Waals surface area (Å²) < 4.78 is 10.5. The van der Waals surface area contributed by atoms with Crippen LogP contribution < -0.4 is 5.32 Å². The highest BCUT2D eigenvalue weighted by Gasteiger charge is 2.51. The van der Waals surface area contributed by atoms with Gasteiger partial charge >= 0.3 is 12.1 Å². The maximum Gasteiger partial charge on any atom is 0.408 e. The highest BCUT2D eigenvalue weighted by Crippen LogP contribution is 2.32. The molecule has 6 heteroatoms. The van der Waals surface area contributed by atoms with Crippen molar-refractivity contribution in [3.05, 3.63) is 35.9 Å². The number of benzene rings is 1. The van der Waals surface area contributed by atoms with E-state index in [9.17, 15) is 14.7 Å². The first-order chi connectivity index (χ1) is 9.83. The van der Waals surface area contributed by atoms with Crippen LogP contribution in [0.4, 0.5) is 4.79 Å². The van der Waals surface area contributed by atoms with Crippen molar-refractivity contribution >= 4 is 12.1 Å². The molecule has 0 radical (unpaired) electrons. The molecule has 6 nitrogen and oxygen atoms in total. The Morgan fingerprint density at radius 2 is 2.00 bits per heavy atom. The SMILES string of the molecule is CC1(C)C[C@@](NC(=O)OCc2ccccc2)(C(=O)O)CO1. The molecule has 1 heterocycles. The molecule has 1 atom stereocenters. The minimum Gasteiger partial charge on any atom is -0.479 e. The fourth-order valence-electron chi connectivity index (χ4n) is 2.37. The lowest BCUT2D eigenvalue weighted by Crippen LogP contribution is -2.55. The predicted octanol–water partition coefficient (Wildman–Crippen LogP) is 1.94. The van der Waals surface area contributed by atoms with E-state index in [1.54, 1.807) is 13.8 Å². The number of alkyl carbamates (subject to hydrolysis) is 1. The van der Waals surface area contributed by atoms with Crippen molar-refractivity contribution in [3.63, 3.8) is 0 Å². The van der Waals surface area contributed by atoms with Crippen LogP contribution >= 0.6 is 0 Å². The van der Waals surface area contributed by atoms with Gasteiger partial charge in [-0.15, -0.1) is 0 Å². The number of carbonyl (C=O) groups excluding carboxylic acids is 1. The van der Waals surface area contributed by atoms with E-state index in [2.05, 4.69) is 5.32 Å². The monoisotopic (exact) mass is 293 g/mol. The van der Waals surface area contributed by atoms with E-state index in [-0.39, 0.29) is 19.6 Å². The van der Waals surface area contributed by atoms with Crippen LogP contribution in [-0.2, 0) is 20.9 Å². The molecule has 2 N–H and O–H groups in total. The Morgan fingerprint density at radius 3 is 2.52 bits per heavy atom. The number of hydrogen-bond donors (Lipinski definition) is 2. The number of nitrogens with one attached hydrogen (secondary N) is 1. The maximum absolute atomic E-state index is 11.8. The van der Waals surface area contributed by atoms with Crippen molar-refractivity contribution in [2.45, 2.75) is 38.0 Å². The minimum atomic E-state index is -1.43. The highest BCUT2D eigenvalue weighted by atomic mass is 16.6. The number of ether oxygens (including phenoxy) is 2. The first kappa shape index (κ1) is 15.3. The van der Waals surface area contributed by atoms with Crippen LogP contribution in [0.5, 0.6) is 0 Å². The van der Waals surface area contributed by atoms with Crippen LogP contribution in [0, 0.1) is 0 Å². The summed E-state index contributed by atoms with van der Waals surface area (Å²) in [6, 6.07) is 9.18. The van der Waals surface area contributed by atoms with Gasteiger partial charge in [0.15, 0.2) is 5.54 Å². The molecule has 0 bridgehead atoms. The number of aliphatic carboxylic acids is 1. The number of rotatable bonds is 4. The summed E-state index contributed by atoms with van der Waals surface area (Å²) in [5.74, 6) is -1.12. The highest BCUT2D eigenvalue weighted by molar-refractivity contribution is 5.85. The largest absolute Gasteiger partial charge is 0.479 e. The molecule has 0 saturated carbocycles. The minimum absolute atomic E-state index is 0.0736. The topological polar surface area (TPSA) is 84.9 Å². The first-order valence-corrected chi connectivity index (χ1v) is 6.69. The van der Waals surface area contributed by atoms with Crippen molar-refractivity contribution in [2.75, 3.05) is 6.61 Å². The molecule has 0 unspecified atom stereocenters. The zero-order valence-corrected chi connectivity index (χ0v) is 12.1. The van der Waals surface area contributed by atoms with Gasteiger partial charge in [0.1, 0.15) is 6.61 Å². The zero-order chi connectivity index (χ0) is 15.5. The average Bonchev–Trinajstić information content (AvgIpc) is 2.74. The third-order valence-corrected chi connectivity index (χ3v) is 3.40. The Bertz CT molecular complexity index is 528. The van der Waals surface area contributed by atoms with Crippen LogP contribution in [-0.4, -0.2) is 34.9 Å². The number of amides is 1. The van der Waals surface area contributed by atoms with Crippen molar-refractivity contribution in [1.82, 2.24) is 5.32 Å². The molecular formula is C15H19NO5. The Hall–Kier alpha value is -2.08. The van der Waals surface area contributed by atoms with E-state index in [1.807, 2.05) is 30.3 Å². The Balaban J connectivity index is 1.95. The van der Waals surface area contributed by atoms with Crippen molar-refractivity contribution in [1.29, 1.82) is 0 Å². The summed E-state index contributed by atoms with van der Waals surface area (Å²) in [5, 5.41) is 11.8. The summed E-state index contributed by atoms with van der Waals surface area (Å²) in [5.41, 5.74) is -1.19. The molecule has 1 aliphatic rings. The molecule has 1 fully saturated rings. The van der Waals surface area contributed by atoms with Crippen molar-refractivity contribution in [3.8, 4) is 0 Å². The summed E-state index contributed by atoms with van der Waals surface area (Å²) in [6.07, 6.45) is -0.571. The van der Waals surface area contributed by atoms with Gasteiger partial charge in [-0.1, -0.05) is 30.3 Å². The second-order valence-electron chi connectivity index (χ2n) is 5.80. The smallest absolute Gasteiger partial charge is 0.408 e. The standard InChI is InChI=1S/C15H19NO5/c1-14(2)9-15(10-21-14,12(17)18)16-13(19)20-8-11-6-4-3-5-7-11/h3-7H,8-10H2,1-2H3,(H,16,19)(H,17,18)/t15-/m0/s1. The molecule has 1 saturated heterocycles. The summed E-state index contributed by atoms with van der Waals surface area (Å²) >= 11 is 0. The van der Waals surface area contributed by atoms with Gasteiger partial charge in [-0.05, 0) is 19.4 Å². The van der Waals surface area contributed by atoms with Gasteiger partial charge in [-0.3, -0.25) is 0 Å². The second-order valence-corrected chi connectivity index (χ2v) is 5.80. The lowest BCUT2D eigenvalue weighted by molar-refractivity contribution is -0.144. The number of hydrogen-bond acceptors (Lipinski definition) is 4. The fraction of sp³-hybridized carbons (Fsp3) is 0.467. The predicted molar refractivity (Wildman–Crippen MR) is 74.8 cm³/mol. The first-order valence-electron chi connectivity index (χ1n) is 6.69. The van der Waals surface area contributed by atoms with Gasteiger partial charge in [0.05, 0.1) is 12.2 Å². The van der Waals surface area contributed by atoms with E-state index in [0.717, 1.165) is 5.56 Å². The number of carbonyl (C=O) groups is 2. The summed E-state index contributed by atoms with van der Waals surface area (Å²) in [4.78, 5) is 23.3. The van der Waals surface area contributed by atoms with E-state index >= 15 is 0 Å². The van der Waals surface area contributed by atoms with E-state index < -0.39 is 23.2 Å². The molecule has 1 amide bonds. The fourth-order valence-corrected chi connectivity index (χ4v) is 2.37. The number of carboxylic acids is 1. The molecule has 114 valence electrons. The maximum atomic E-state index is 11.8. The Morgan fingerprint density at radius 1 is 1.33 bits per heavy atom. The van der Waals surface area contributed by atoms with Gasteiger partial charge in [-0.2, -0.15) is 0 Å². The van der Waals surface area contributed by atoms with Crippen LogP contribution in [0.15, 0.2) is 30.3 Å². The lowest BCUT2D eigenvalue weighted by atomic mass is 9.90. The Kier molecular flexibility index (Phi) is 4.18. The molecular weight excluding hydrogens is 274 g/mol.